The number of carbonyl (C=O) groups excluding carboxylic acids is 1. The summed E-state index contributed by atoms with van der Waals surface area (Å²) in [6, 6.07) is 0.353. The Hall–Kier alpha value is -3.85. The minimum atomic E-state index is -0.276. The lowest BCUT2D eigenvalue weighted by Crippen LogP contribution is -2.25. The van der Waals surface area contributed by atoms with E-state index in [4.69, 9.17) is 12.2 Å². The van der Waals surface area contributed by atoms with E-state index in [0.29, 0.717) is 21.8 Å². The van der Waals surface area contributed by atoms with Gasteiger partial charge in [-0.2, -0.15) is 0 Å². The zero-order valence-corrected chi connectivity index (χ0v) is 23.7. The van der Waals surface area contributed by atoms with Crippen LogP contribution in [0, 0.1) is 10.1 Å². The van der Waals surface area contributed by atoms with Gasteiger partial charge in [0.2, 0.25) is 0 Å². The summed E-state index contributed by atoms with van der Waals surface area (Å²) in [5.74, 6) is -0.276. The van der Waals surface area contributed by atoms with Crippen molar-refractivity contribution >= 4 is 29.3 Å². The first-order valence-electron chi connectivity index (χ1n) is 12.7. The maximum Gasteiger partial charge on any atom is 0.263 e. The number of aromatic nitrogens is 6. The Labute approximate surface area is 228 Å². The van der Waals surface area contributed by atoms with E-state index in [1.165, 1.54) is 28.2 Å². The molecule has 1 N–H and O–H groups in total. The minimum absolute atomic E-state index is 0.126. The molecule has 3 aromatic heterocycles. The molecule has 3 heterocycles. The molecule has 0 saturated heterocycles. The summed E-state index contributed by atoms with van der Waals surface area (Å²) < 4.78 is 5.96. The summed E-state index contributed by atoms with van der Waals surface area (Å²) in [7, 11) is 1.81. The van der Waals surface area contributed by atoms with Gasteiger partial charge in [0.05, 0.1) is 18.7 Å². The van der Waals surface area contributed by atoms with Crippen LogP contribution in [0.5, 0.6) is 0 Å². The Morgan fingerprint density at radius 1 is 1.16 bits per heavy atom. The zero-order chi connectivity index (χ0) is 27.4. The quantitative estimate of drug-likeness (QED) is 0.226. The van der Waals surface area contributed by atoms with Crippen molar-refractivity contribution in [1.29, 1.82) is 0 Å². The third-order valence-electron chi connectivity index (χ3n) is 7.02. The number of rotatable bonds is 7. The van der Waals surface area contributed by atoms with E-state index >= 15 is 0 Å². The van der Waals surface area contributed by atoms with Crippen molar-refractivity contribution in [2.24, 2.45) is 12.5 Å². The molecule has 9 heteroatoms. The van der Waals surface area contributed by atoms with Crippen molar-refractivity contribution in [2.45, 2.75) is 53.5 Å². The van der Waals surface area contributed by atoms with Crippen LogP contribution in [0.1, 0.15) is 53.5 Å². The highest BCUT2D eigenvalue weighted by Gasteiger charge is 2.32. The van der Waals surface area contributed by atoms with Crippen LogP contribution in [0.2, 0.25) is 0 Å². The molecule has 3 aromatic rings. The Morgan fingerprint density at radius 3 is 2.68 bits per heavy atom. The normalized spacial score (nSPS) is 18.7. The maximum absolute atomic E-state index is 12.5. The average molecular weight is 530 g/mol. The summed E-state index contributed by atoms with van der Waals surface area (Å²) in [5.41, 5.74) is 8.70. The van der Waals surface area contributed by atoms with E-state index in [1.807, 2.05) is 50.9 Å². The van der Waals surface area contributed by atoms with E-state index in [-0.39, 0.29) is 11.3 Å². The van der Waals surface area contributed by atoms with Gasteiger partial charge in [-0.1, -0.05) is 62.0 Å². The molecule has 1 unspecified atom stereocenters. The van der Waals surface area contributed by atoms with Crippen molar-refractivity contribution in [3.8, 4) is 0 Å². The molecule has 198 valence electrons. The predicted octanol–water partition coefficient (Wildman–Crippen LogP) is 6.15. The fourth-order valence-electron chi connectivity index (χ4n) is 4.83. The van der Waals surface area contributed by atoms with Crippen LogP contribution in [0.4, 0.5) is 0 Å². The van der Waals surface area contributed by atoms with Crippen molar-refractivity contribution in [2.75, 3.05) is 5.43 Å². The van der Waals surface area contributed by atoms with Gasteiger partial charge in [0.1, 0.15) is 16.5 Å². The van der Waals surface area contributed by atoms with Crippen LogP contribution in [0.25, 0.3) is 11.2 Å². The van der Waals surface area contributed by atoms with Crippen LogP contribution >= 0.6 is 12.2 Å². The van der Waals surface area contributed by atoms with Gasteiger partial charge in [-0.15, -0.1) is 0 Å². The van der Waals surface area contributed by atoms with Gasteiger partial charge in [-0.05, 0) is 55.7 Å². The van der Waals surface area contributed by atoms with Crippen molar-refractivity contribution < 1.29 is 4.79 Å². The lowest BCUT2D eigenvalue weighted by atomic mass is 9.71. The van der Waals surface area contributed by atoms with Crippen LogP contribution in [0.15, 0.2) is 90.1 Å². The number of hydrogen-bond donors (Lipinski definition) is 1. The first-order chi connectivity index (χ1) is 18.1. The van der Waals surface area contributed by atoms with Gasteiger partial charge in [0.15, 0.2) is 5.65 Å². The second-order valence-corrected chi connectivity index (χ2v) is 10.8. The highest BCUT2D eigenvalue weighted by atomic mass is 32.1. The maximum atomic E-state index is 12.5. The van der Waals surface area contributed by atoms with Crippen LogP contribution in [0.3, 0.4) is 0 Å². The summed E-state index contributed by atoms with van der Waals surface area (Å²) >= 11 is 5.35. The molecule has 0 bridgehead atoms. The minimum Gasteiger partial charge on any atom is -0.330 e. The Bertz CT molecular complexity index is 1540. The third kappa shape index (κ3) is 5.99. The predicted molar refractivity (Wildman–Crippen MR) is 154 cm³/mol. The van der Waals surface area contributed by atoms with E-state index in [2.05, 4.69) is 64.8 Å². The first-order valence-corrected chi connectivity index (χ1v) is 13.1. The number of allylic oxidation sites excluding steroid dienone is 9. The molecule has 0 aliphatic heterocycles. The van der Waals surface area contributed by atoms with Crippen LogP contribution in [-0.2, 0) is 11.8 Å². The van der Waals surface area contributed by atoms with Gasteiger partial charge >= 0.3 is 0 Å². The van der Waals surface area contributed by atoms with Gasteiger partial charge in [0.25, 0.3) is 5.91 Å². The zero-order valence-electron chi connectivity index (χ0n) is 22.8. The highest BCUT2D eigenvalue weighted by Crippen LogP contribution is 2.45. The van der Waals surface area contributed by atoms with Crippen molar-refractivity contribution in [3.63, 3.8) is 0 Å². The number of nitrogens with one attached hydrogen (secondary N) is 1. The van der Waals surface area contributed by atoms with E-state index in [9.17, 15) is 4.79 Å². The number of aryl methyl sites for hydroxylation is 1. The molecule has 0 spiro atoms. The number of nitrogens with zero attached hydrogens (tertiary/aromatic N) is 6. The molecule has 0 fully saturated rings. The van der Waals surface area contributed by atoms with Gasteiger partial charge in [-0.3, -0.25) is 10.2 Å². The van der Waals surface area contributed by atoms with E-state index < -0.39 is 0 Å². The van der Waals surface area contributed by atoms with E-state index in [0.717, 1.165) is 24.0 Å². The average Bonchev–Trinajstić information content (AvgIpc) is 3.52. The molecular formula is C29H35N7OS. The topological polar surface area (TPSA) is 82.6 Å². The monoisotopic (exact) mass is 529 g/mol. The molecule has 0 radical (unpaired) electrons. The van der Waals surface area contributed by atoms with Gasteiger partial charge in [0, 0.05) is 25.5 Å². The lowest BCUT2D eigenvalue weighted by Gasteiger charge is -2.37. The molecule has 8 nitrogen and oxygen atoms in total. The van der Waals surface area contributed by atoms with Crippen molar-refractivity contribution in [1.82, 2.24) is 28.8 Å². The molecule has 4 rings (SSSR count). The SMILES string of the molecule is CC1=C(/C=C/C(C)=C/C=C/C(C)=C/C(=O)Nn2cnc3c(=S)n(C)cnc32)C(C)(C)CCC1n1ccnc1. The standard InChI is InChI=1S/C29H35N7OS/c1-20(10-11-23-22(3)24(12-13-29(23,4)5)35-15-14-30-17-35)8-7-9-21(2)16-25(37)33-36-19-31-26-27(36)32-18-34(6)28(26)38/h7-11,14-19,24H,12-13H2,1-6H3,(H,33,37)/b9-7+,11-10+,20-8+,21-16+. The Kier molecular flexibility index (Phi) is 8.06. The smallest absolute Gasteiger partial charge is 0.263 e. The summed E-state index contributed by atoms with van der Waals surface area (Å²) in [4.78, 5) is 25.3. The molecule has 0 aromatic carbocycles. The highest BCUT2D eigenvalue weighted by molar-refractivity contribution is 7.71. The molecule has 1 aliphatic rings. The second-order valence-electron chi connectivity index (χ2n) is 10.5. The van der Waals surface area contributed by atoms with Gasteiger partial charge in [-0.25, -0.2) is 19.6 Å². The second kappa shape index (κ2) is 11.3. The fourth-order valence-corrected chi connectivity index (χ4v) is 5.02. The number of amides is 1. The third-order valence-corrected chi connectivity index (χ3v) is 7.50. The number of carbonyl (C=O) groups is 1. The van der Waals surface area contributed by atoms with Crippen LogP contribution in [-0.4, -0.2) is 34.7 Å². The molecule has 1 amide bonds. The Morgan fingerprint density at radius 2 is 1.95 bits per heavy atom. The summed E-state index contributed by atoms with van der Waals surface area (Å²) in [6.45, 7) is 10.8. The summed E-state index contributed by atoms with van der Waals surface area (Å²) in [5, 5.41) is 0. The number of imidazole rings is 2. The largest absolute Gasteiger partial charge is 0.330 e. The Balaban J connectivity index is 1.42. The first kappa shape index (κ1) is 27.2. The molecule has 1 atom stereocenters. The van der Waals surface area contributed by atoms with Crippen LogP contribution < -0.4 is 5.43 Å². The molecule has 0 saturated carbocycles. The van der Waals surface area contributed by atoms with E-state index in [1.54, 1.807) is 10.9 Å². The number of fused-ring (bicyclic) bond motifs is 1. The number of hydrogen-bond acceptors (Lipinski definition) is 5. The molecule has 1 aliphatic carbocycles. The van der Waals surface area contributed by atoms with Gasteiger partial charge < -0.3 is 9.13 Å². The molecule has 38 heavy (non-hydrogen) atoms. The summed E-state index contributed by atoms with van der Waals surface area (Å²) in [6.07, 6.45) is 23.0. The van der Waals surface area contributed by atoms with Crippen molar-refractivity contribution in [3.05, 3.63) is 94.8 Å². The molecular weight excluding hydrogens is 494 g/mol. The fraction of sp³-hybridized carbons (Fsp3) is 0.345. The lowest BCUT2D eigenvalue weighted by molar-refractivity contribution is -0.112.